The quantitative estimate of drug-likeness (QED) is 0.297. The average Bonchev–Trinajstić information content (AvgIpc) is 3.17. The second kappa shape index (κ2) is 9.20. The maximum Gasteiger partial charge on any atom is 0.270 e. The van der Waals surface area contributed by atoms with Gasteiger partial charge in [0.25, 0.3) is 11.6 Å². The van der Waals surface area contributed by atoms with Crippen LogP contribution >= 0.6 is 11.6 Å². The first-order valence-corrected chi connectivity index (χ1v) is 10.6. The smallest absolute Gasteiger partial charge is 0.270 e. The lowest BCUT2D eigenvalue weighted by atomic mass is 10.1. The van der Waals surface area contributed by atoms with Gasteiger partial charge in [0.05, 0.1) is 22.0 Å². The molecule has 8 heteroatoms. The predicted octanol–water partition coefficient (Wildman–Crippen LogP) is 5.53. The molecule has 0 bridgehead atoms. The van der Waals surface area contributed by atoms with E-state index in [1.54, 1.807) is 6.07 Å². The van der Waals surface area contributed by atoms with Crippen molar-refractivity contribution < 1.29 is 9.72 Å². The molecule has 0 aliphatic heterocycles. The first-order valence-electron chi connectivity index (χ1n) is 10.2. The van der Waals surface area contributed by atoms with Crippen molar-refractivity contribution in [2.75, 3.05) is 0 Å². The van der Waals surface area contributed by atoms with E-state index in [4.69, 9.17) is 16.6 Å². The summed E-state index contributed by atoms with van der Waals surface area (Å²) in [6, 6.07) is 20.8. The molecule has 0 radical (unpaired) electrons. The Labute approximate surface area is 189 Å². The van der Waals surface area contributed by atoms with Crippen LogP contribution in [0.15, 0.2) is 72.8 Å². The molecule has 1 heterocycles. The molecule has 1 unspecified atom stereocenters. The number of imidazole rings is 1. The molecule has 1 aromatic heterocycles. The Balaban J connectivity index is 1.69. The molecule has 4 rings (SSSR count). The molecule has 1 atom stereocenters. The number of carbonyl (C=O) groups is 1. The molecule has 32 heavy (non-hydrogen) atoms. The molecular weight excluding hydrogens is 428 g/mol. The minimum Gasteiger partial charge on any atom is -0.342 e. The van der Waals surface area contributed by atoms with Gasteiger partial charge in [-0.25, -0.2) is 4.98 Å². The molecule has 4 aromatic rings. The van der Waals surface area contributed by atoms with E-state index in [-0.39, 0.29) is 23.2 Å². The SMILES string of the molecule is CCC(NC(=O)c1cccc([N+](=O)[O-])c1)c1nc2ccccc2n1Cc1ccc(Cl)cc1. The summed E-state index contributed by atoms with van der Waals surface area (Å²) in [5, 5.41) is 14.7. The lowest BCUT2D eigenvalue weighted by Gasteiger charge is -2.19. The van der Waals surface area contributed by atoms with E-state index in [2.05, 4.69) is 9.88 Å². The number of aromatic nitrogens is 2. The number of para-hydroxylation sites is 2. The average molecular weight is 449 g/mol. The van der Waals surface area contributed by atoms with Gasteiger partial charge in [0.2, 0.25) is 0 Å². The van der Waals surface area contributed by atoms with Crippen molar-refractivity contribution >= 4 is 34.2 Å². The highest BCUT2D eigenvalue weighted by Gasteiger charge is 2.22. The van der Waals surface area contributed by atoms with Gasteiger partial charge in [0.1, 0.15) is 5.82 Å². The number of nitrogens with zero attached hydrogens (tertiary/aromatic N) is 3. The number of hydrogen-bond donors (Lipinski definition) is 1. The molecule has 0 saturated carbocycles. The van der Waals surface area contributed by atoms with Crippen molar-refractivity contribution in [1.82, 2.24) is 14.9 Å². The Morgan fingerprint density at radius 3 is 2.59 bits per heavy atom. The van der Waals surface area contributed by atoms with Gasteiger partial charge in [-0.2, -0.15) is 0 Å². The first-order chi connectivity index (χ1) is 15.5. The number of rotatable bonds is 7. The Kier molecular flexibility index (Phi) is 6.18. The Morgan fingerprint density at radius 1 is 1.12 bits per heavy atom. The van der Waals surface area contributed by atoms with Crippen molar-refractivity contribution in [1.29, 1.82) is 0 Å². The number of non-ortho nitro benzene ring substituents is 1. The molecule has 0 aliphatic carbocycles. The number of halogens is 1. The topological polar surface area (TPSA) is 90.1 Å². The lowest BCUT2D eigenvalue weighted by molar-refractivity contribution is -0.384. The van der Waals surface area contributed by atoms with Crippen LogP contribution in [0.25, 0.3) is 11.0 Å². The van der Waals surface area contributed by atoms with Crippen molar-refractivity contribution in [3.05, 3.63) is 105 Å². The summed E-state index contributed by atoms with van der Waals surface area (Å²) in [4.78, 5) is 28.3. The molecule has 0 fully saturated rings. The van der Waals surface area contributed by atoms with E-state index in [0.717, 1.165) is 22.4 Å². The normalized spacial score (nSPS) is 11.9. The molecule has 0 aliphatic rings. The van der Waals surface area contributed by atoms with Crippen LogP contribution in [0.2, 0.25) is 5.02 Å². The maximum absolute atomic E-state index is 12.9. The standard InChI is InChI=1S/C24H21ClN4O3/c1-2-20(27-24(30)17-6-5-7-19(14-17)29(31)32)23-26-21-8-3-4-9-22(21)28(23)15-16-10-12-18(25)13-11-16/h3-14,20H,2,15H2,1H3,(H,27,30). The van der Waals surface area contributed by atoms with E-state index in [0.29, 0.717) is 18.0 Å². The van der Waals surface area contributed by atoms with Crippen LogP contribution in [0.3, 0.4) is 0 Å². The zero-order valence-electron chi connectivity index (χ0n) is 17.4. The number of hydrogen-bond acceptors (Lipinski definition) is 4. The summed E-state index contributed by atoms with van der Waals surface area (Å²) in [7, 11) is 0. The van der Waals surface area contributed by atoms with Gasteiger partial charge in [-0.05, 0) is 42.3 Å². The van der Waals surface area contributed by atoms with E-state index in [1.165, 1.54) is 18.2 Å². The van der Waals surface area contributed by atoms with Crippen LogP contribution in [0.1, 0.15) is 41.1 Å². The third-order valence-electron chi connectivity index (χ3n) is 5.28. The minimum absolute atomic E-state index is 0.124. The van der Waals surface area contributed by atoms with Crippen molar-refractivity contribution in [2.24, 2.45) is 0 Å². The third kappa shape index (κ3) is 4.48. The van der Waals surface area contributed by atoms with Gasteiger partial charge in [0.15, 0.2) is 0 Å². The van der Waals surface area contributed by atoms with E-state index in [1.807, 2.05) is 55.5 Å². The summed E-state index contributed by atoms with van der Waals surface area (Å²) in [5.41, 5.74) is 2.96. The van der Waals surface area contributed by atoms with Gasteiger partial charge in [-0.1, -0.05) is 48.9 Å². The van der Waals surface area contributed by atoms with Crippen molar-refractivity contribution in [3.63, 3.8) is 0 Å². The highest BCUT2D eigenvalue weighted by Crippen LogP contribution is 2.25. The van der Waals surface area contributed by atoms with Crippen LogP contribution in [0.5, 0.6) is 0 Å². The van der Waals surface area contributed by atoms with Crippen LogP contribution in [-0.4, -0.2) is 20.4 Å². The second-order valence-corrected chi connectivity index (χ2v) is 7.85. The number of nitrogens with one attached hydrogen (secondary N) is 1. The molecule has 7 nitrogen and oxygen atoms in total. The number of amides is 1. The summed E-state index contributed by atoms with van der Waals surface area (Å²) in [5.74, 6) is 0.341. The highest BCUT2D eigenvalue weighted by molar-refractivity contribution is 6.30. The molecule has 0 saturated heterocycles. The van der Waals surface area contributed by atoms with Gasteiger partial charge in [-0.3, -0.25) is 14.9 Å². The molecule has 1 N–H and O–H groups in total. The Bertz CT molecular complexity index is 1280. The van der Waals surface area contributed by atoms with Gasteiger partial charge < -0.3 is 9.88 Å². The fraction of sp³-hybridized carbons (Fsp3) is 0.167. The zero-order valence-corrected chi connectivity index (χ0v) is 18.1. The Hall–Kier alpha value is -3.71. The summed E-state index contributed by atoms with van der Waals surface area (Å²) >= 11 is 6.03. The number of benzene rings is 3. The lowest BCUT2D eigenvalue weighted by Crippen LogP contribution is -2.30. The van der Waals surface area contributed by atoms with Crippen molar-refractivity contribution in [2.45, 2.75) is 25.9 Å². The molecule has 3 aromatic carbocycles. The van der Waals surface area contributed by atoms with Crippen LogP contribution in [-0.2, 0) is 6.54 Å². The fourth-order valence-corrected chi connectivity index (χ4v) is 3.78. The number of fused-ring (bicyclic) bond motifs is 1. The fourth-order valence-electron chi connectivity index (χ4n) is 3.65. The van der Waals surface area contributed by atoms with Crippen LogP contribution < -0.4 is 5.32 Å². The van der Waals surface area contributed by atoms with Crippen molar-refractivity contribution in [3.8, 4) is 0 Å². The third-order valence-corrected chi connectivity index (χ3v) is 5.53. The van der Waals surface area contributed by atoms with E-state index in [9.17, 15) is 14.9 Å². The predicted molar refractivity (Wildman–Crippen MR) is 124 cm³/mol. The van der Waals surface area contributed by atoms with Gasteiger partial charge >= 0.3 is 0 Å². The molecule has 0 spiro atoms. The highest BCUT2D eigenvalue weighted by atomic mass is 35.5. The monoisotopic (exact) mass is 448 g/mol. The van der Waals surface area contributed by atoms with Gasteiger partial charge in [0, 0.05) is 29.3 Å². The summed E-state index contributed by atoms with van der Waals surface area (Å²) < 4.78 is 2.08. The minimum atomic E-state index is -0.514. The number of carbonyl (C=O) groups excluding carboxylic acids is 1. The maximum atomic E-state index is 12.9. The first kappa shape index (κ1) is 21.5. The van der Waals surface area contributed by atoms with E-state index < -0.39 is 4.92 Å². The van der Waals surface area contributed by atoms with Crippen LogP contribution in [0.4, 0.5) is 5.69 Å². The largest absolute Gasteiger partial charge is 0.342 e. The van der Waals surface area contributed by atoms with Crippen LogP contribution in [0, 0.1) is 10.1 Å². The van der Waals surface area contributed by atoms with E-state index >= 15 is 0 Å². The molecular formula is C24H21ClN4O3. The summed E-state index contributed by atoms with van der Waals surface area (Å²) in [6.07, 6.45) is 0.602. The number of nitro groups is 1. The van der Waals surface area contributed by atoms with Gasteiger partial charge in [-0.15, -0.1) is 0 Å². The number of nitro benzene ring substituents is 1. The second-order valence-electron chi connectivity index (χ2n) is 7.41. The Morgan fingerprint density at radius 2 is 1.88 bits per heavy atom. The molecule has 162 valence electrons. The summed E-state index contributed by atoms with van der Waals surface area (Å²) in [6.45, 7) is 2.53. The zero-order chi connectivity index (χ0) is 22.7. The molecule has 1 amide bonds.